The first kappa shape index (κ1) is 21.1. The van der Waals surface area contributed by atoms with Crippen molar-refractivity contribution in [3.05, 3.63) is 72.3 Å². The van der Waals surface area contributed by atoms with Crippen molar-refractivity contribution >= 4 is 17.4 Å². The van der Waals surface area contributed by atoms with E-state index in [0.29, 0.717) is 31.8 Å². The molecule has 162 valence electrons. The van der Waals surface area contributed by atoms with Crippen molar-refractivity contribution < 1.29 is 19.5 Å². The van der Waals surface area contributed by atoms with Crippen LogP contribution in [0.25, 0.3) is 5.57 Å². The Morgan fingerprint density at radius 2 is 1.74 bits per heavy atom. The van der Waals surface area contributed by atoms with Crippen LogP contribution in [0.15, 0.2) is 66.7 Å². The smallest absolute Gasteiger partial charge is 0.248 e. The van der Waals surface area contributed by atoms with Crippen LogP contribution < -0.4 is 10.2 Å². The molecule has 1 fully saturated rings. The maximum atomic E-state index is 13.4. The summed E-state index contributed by atoms with van der Waals surface area (Å²) in [5, 5.41) is 9.31. The third kappa shape index (κ3) is 4.62. The van der Waals surface area contributed by atoms with Crippen molar-refractivity contribution in [1.29, 1.82) is 0 Å². The first-order chi connectivity index (χ1) is 15.1. The summed E-state index contributed by atoms with van der Waals surface area (Å²) in [4.78, 5) is 29.6. The van der Waals surface area contributed by atoms with Crippen molar-refractivity contribution in [2.45, 2.75) is 18.6 Å². The van der Waals surface area contributed by atoms with E-state index in [0.717, 1.165) is 11.1 Å². The minimum atomic E-state index is -0.717. The molecule has 0 spiro atoms. The maximum absolute atomic E-state index is 13.4. The fourth-order valence-electron chi connectivity index (χ4n) is 4.47. The molecule has 4 rings (SSSR count). The zero-order valence-electron chi connectivity index (χ0n) is 17.5. The highest BCUT2D eigenvalue weighted by atomic mass is 16.5. The molecule has 7 heteroatoms. The number of likely N-dealkylation sites (N-methyl/N-ethyl adjacent to an activating group) is 1. The molecule has 2 aromatic rings. The van der Waals surface area contributed by atoms with Gasteiger partial charge in [0.05, 0.1) is 5.92 Å². The normalized spacial score (nSPS) is 23.9. The summed E-state index contributed by atoms with van der Waals surface area (Å²) < 4.78 is 6.04. The molecule has 3 atom stereocenters. The molecular weight excluding hydrogens is 394 g/mol. The lowest BCUT2D eigenvalue weighted by Crippen LogP contribution is -2.60. The topological polar surface area (TPSA) is 82.1 Å². The minimum absolute atomic E-state index is 0.114. The molecule has 2 aliphatic rings. The maximum Gasteiger partial charge on any atom is 0.248 e. The van der Waals surface area contributed by atoms with E-state index in [9.17, 15) is 14.8 Å². The molecule has 0 bridgehead atoms. The number of para-hydroxylation sites is 1. The molecule has 7 nitrogen and oxygen atoms in total. The van der Waals surface area contributed by atoms with E-state index < -0.39 is 17.9 Å². The van der Waals surface area contributed by atoms with Crippen LogP contribution in [-0.2, 0) is 9.59 Å². The quantitative estimate of drug-likeness (QED) is 0.571. The van der Waals surface area contributed by atoms with Gasteiger partial charge in [-0.15, -0.1) is 0 Å². The molecule has 2 amide bonds. The van der Waals surface area contributed by atoms with Gasteiger partial charge in [0, 0.05) is 19.6 Å². The van der Waals surface area contributed by atoms with Crippen molar-refractivity contribution in [2.24, 2.45) is 5.92 Å². The molecule has 3 unspecified atom stereocenters. The van der Waals surface area contributed by atoms with Gasteiger partial charge >= 0.3 is 0 Å². The molecule has 2 aliphatic heterocycles. The molecule has 2 N–H and O–H groups in total. The van der Waals surface area contributed by atoms with Crippen LogP contribution in [0.5, 0.6) is 5.75 Å². The summed E-state index contributed by atoms with van der Waals surface area (Å²) in [6, 6.07) is 18.7. The van der Waals surface area contributed by atoms with E-state index in [4.69, 9.17) is 4.74 Å². The number of rotatable bonds is 5. The molecular formula is C24H27N3O4. The van der Waals surface area contributed by atoms with Crippen molar-refractivity contribution in [1.82, 2.24) is 15.3 Å². The Labute approximate surface area is 181 Å². The minimum Gasteiger partial charge on any atom is -0.489 e. The van der Waals surface area contributed by atoms with Crippen LogP contribution in [0, 0.1) is 5.92 Å². The molecule has 2 aromatic carbocycles. The first-order valence-corrected chi connectivity index (χ1v) is 10.5. The van der Waals surface area contributed by atoms with Gasteiger partial charge in [-0.1, -0.05) is 54.6 Å². The first-order valence-electron chi connectivity index (χ1n) is 10.5. The summed E-state index contributed by atoms with van der Waals surface area (Å²) in [5.74, 6) is -0.686. The Morgan fingerprint density at radius 3 is 2.42 bits per heavy atom. The summed E-state index contributed by atoms with van der Waals surface area (Å²) in [6.45, 7) is 1.52. The molecule has 0 saturated carbocycles. The summed E-state index contributed by atoms with van der Waals surface area (Å²) in [5.41, 5.74) is 3.94. The van der Waals surface area contributed by atoms with E-state index in [2.05, 4.69) is 6.08 Å². The Balaban J connectivity index is 1.47. The number of piperidine rings is 1. The predicted octanol–water partition coefficient (Wildman–Crippen LogP) is 2.19. The average molecular weight is 421 g/mol. The van der Waals surface area contributed by atoms with Gasteiger partial charge in [-0.3, -0.25) is 19.7 Å². The highest BCUT2D eigenvalue weighted by molar-refractivity contribution is 5.91. The molecule has 0 aliphatic carbocycles. The number of benzene rings is 2. The van der Waals surface area contributed by atoms with Gasteiger partial charge in [0.2, 0.25) is 11.8 Å². The number of hydrogen-bond donors (Lipinski definition) is 2. The van der Waals surface area contributed by atoms with Gasteiger partial charge in [0.25, 0.3) is 0 Å². The SMILES string of the molecule is CN1CC(Oc2ccccc2)CC(C(=O)NO)C1C(=O)N1CC=C(c2ccccc2)C1. The largest absolute Gasteiger partial charge is 0.489 e. The van der Waals surface area contributed by atoms with Gasteiger partial charge in [0.15, 0.2) is 0 Å². The standard InChI is InChI=1S/C24H27N3O4/c1-26-16-20(31-19-10-6-3-7-11-19)14-21(23(28)25-30)22(26)24(29)27-13-12-18(15-27)17-8-4-2-5-9-17/h2-12,20-22,30H,13-16H2,1H3,(H,25,28). The van der Waals surface area contributed by atoms with E-state index >= 15 is 0 Å². The number of amides is 2. The predicted molar refractivity (Wildman–Crippen MR) is 116 cm³/mol. The lowest BCUT2D eigenvalue weighted by atomic mass is 9.86. The molecule has 0 radical (unpaired) electrons. The Morgan fingerprint density at radius 1 is 1.06 bits per heavy atom. The average Bonchev–Trinajstić information content (AvgIpc) is 3.29. The van der Waals surface area contributed by atoms with Gasteiger partial charge in [-0.2, -0.15) is 0 Å². The van der Waals surface area contributed by atoms with Crippen LogP contribution in [0.3, 0.4) is 0 Å². The van der Waals surface area contributed by atoms with E-state index in [1.54, 1.807) is 10.4 Å². The van der Waals surface area contributed by atoms with Crippen LogP contribution in [0.1, 0.15) is 12.0 Å². The summed E-state index contributed by atoms with van der Waals surface area (Å²) in [6.07, 6.45) is 2.13. The number of nitrogens with zero attached hydrogens (tertiary/aromatic N) is 2. The second-order valence-corrected chi connectivity index (χ2v) is 8.07. The molecule has 1 saturated heterocycles. The van der Waals surface area contributed by atoms with E-state index in [1.165, 1.54) is 0 Å². The highest BCUT2D eigenvalue weighted by Crippen LogP contribution is 2.29. The third-order valence-corrected chi connectivity index (χ3v) is 5.99. The van der Waals surface area contributed by atoms with Gasteiger partial charge in [0.1, 0.15) is 17.9 Å². The summed E-state index contributed by atoms with van der Waals surface area (Å²) in [7, 11) is 1.82. The van der Waals surface area contributed by atoms with Crippen molar-refractivity contribution in [2.75, 3.05) is 26.7 Å². The zero-order chi connectivity index (χ0) is 21.8. The lowest BCUT2D eigenvalue weighted by molar-refractivity contribution is -0.150. The number of nitrogens with one attached hydrogen (secondary N) is 1. The van der Waals surface area contributed by atoms with Gasteiger partial charge in [-0.05, 0) is 36.7 Å². The number of hydrogen-bond acceptors (Lipinski definition) is 5. The van der Waals surface area contributed by atoms with Crippen molar-refractivity contribution in [3.8, 4) is 5.75 Å². The Bertz CT molecular complexity index is 948. The van der Waals surface area contributed by atoms with Crippen LogP contribution in [0.2, 0.25) is 0 Å². The molecule has 0 aromatic heterocycles. The van der Waals surface area contributed by atoms with E-state index in [1.807, 2.05) is 72.6 Å². The van der Waals surface area contributed by atoms with E-state index in [-0.39, 0.29) is 12.0 Å². The number of carbonyl (C=O) groups is 2. The highest BCUT2D eigenvalue weighted by Gasteiger charge is 2.45. The fourth-order valence-corrected chi connectivity index (χ4v) is 4.47. The Hall–Kier alpha value is -3.16. The van der Waals surface area contributed by atoms with Gasteiger partial charge < -0.3 is 9.64 Å². The number of hydroxylamine groups is 1. The van der Waals surface area contributed by atoms with Crippen LogP contribution >= 0.6 is 0 Å². The van der Waals surface area contributed by atoms with Gasteiger partial charge in [-0.25, -0.2) is 5.48 Å². The number of ether oxygens (including phenoxy) is 1. The molecule has 31 heavy (non-hydrogen) atoms. The Kier molecular flexibility index (Phi) is 6.34. The van der Waals surface area contributed by atoms with Crippen LogP contribution in [-0.4, -0.2) is 65.6 Å². The number of carbonyl (C=O) groups excluding carboxylic acids is 2. The number of likely N-dealkylation sites (tertiary alicyclic amines) is 1. The fraction of sp³-hybridized carbons (Fsp3) is 0.333. The third-order valence-electron chi connectivity index (χ3n) is 5.99. The summed E-state index contributed by atoms with van der Waals surface area (Å²) >= 11 is 0. The zero-order valence-corrected chi connectivity index (χ0v) is 17.5. The monoisotopic (exact) mass is 421 g/mol. The lowest BCUT2D eigenvalue weighted by Gasteiger charge is -2.42. The van der Waals surface area contributed by atoms with Crippen molar-refractivity contribution in [3.63, 3.8) is 0 Å². The molecule has 2 heterocycles. The second kappa shape index (κ2) is 9.32. The second-order valence-electron chi connectivity index (χ2n) is 8.07. The van der Waals surface area contributed by atoms with Crippen LogP contribution in [0.4, 0.5) is 0 Å².